The van der Waals surface area contributed by atoms with Gasteiger partial charge in [-0.2, -0.15) is 0 Å². The van der Waals surface area contributed by atoms with E-state index in [1.165, 1.54) is 0 Å². The van der Waals surface area contributed by atoms with Crippen molar-refractivity contribution in [3.63, 3.8) is 0 Å². The highest BCUT2D eigenvalue weighted by Gasteiger charge is 2.19. The smallest absolute Gasteiger partial charge is 0.372 e. The second-order valence-corrected chi connectivity index (χ2v) is 5.34. The molecular weight excluding hydrogens is 246 g/mol. The molecule has 106 valence electrons. The molecule has 0 unspecified atom stereocenters. The Hall–Kier alpha value is -1.33. The minimum absolute atomic E-state index is 0.0255. The van der Waals surface area contributed by atoms with Gasteiger partial charge in [0.2, 0.25) is 5.76 Å². The monoisotopic (exact) mass is 267 g/mol. The van der Waals surface area contributed by atoms with Gasteiger partial charge in [0.25, 0.3) is 0 Å². The third kappa shape index (κ3) is 3.81. The number of aliphatic hydroxyl groups excluding tert-OH is 1. The van der Waals surface area contributed by atoms with Crippen molar-refractivity contribution in [3.8, 4) is 0 Å². The fraction of sp³-hybridized carbons (Fsp3) is 0.643. The zero-order chi connectivity index (χ0) is 13.8. The molecule has 1 aliphatic rings. The van der Waals surface area contributed by atoms with E-state index in [1.807, 2.05) is 0 Å². The molecule has 19 heavy (non-hydrogen) atoms. The first-order chi connectivity index (χ1) is 9.06. The molecule has 1 saturated carbocycles. The van der Waals surface area contributed by atoms with Gasteiger partial charge in [0.15, 0.2) is 0 Å². The Bertz CT molecular complexity index is 433. The maximum Gasteiger partial charge on any atom is 0.372 e. The lowest BCUT2D eigenvalue weighted by molar-refractivity contribution is 0.0659. The SMILES string of the molecule is Cc1cc(CNCC2CCC(O)CC2)oc1C(=O)O. The van der Waals surface area contributed by atoms with Crippen LogP contribution in [0.5, 0.6) is 0 Å². The lowest BCUT2D eigenvalue weighted by atomic mass is 9.87. The molecule has 1 aromatic heterocycles. The minimum atomic E-state index is -1.02. The molecule has 2 rings (SSSR count). The molecule has 1 heterocycles. The van der Waals surface area contributed by atoms with Gasteiger partial charge in [-0.1, -0.05) is 0 Å². The van der Waals surface area contributed by atoms with Crippen molar-refractivity contribution in [2.75, 3.05) is 6.54 Å². The molecule has 5 nitrogen and oxygen atoms in total. The number of hydrogen-bond donors (Lipinski definition) is 3. The van der Waals surface area contributed by atoms with Crippen molar-refractivity contribution < 1.29 is 19.4 Å². The molecule has 1 aromatic rings. The highest BCUT2D eigenvalue weighted by molar-refractivity contribution is 5.86. The first-order valence-electron chi connectivity index (χ1n) is 6.77. The van der Waals surface area contributed by atoms with Crippen LogP contribution in [-0.4, -0.2) is 28.8 Å². The topological polar surface area (TPSA) is 82.7 Å². The molecule has 1 aliphatic carbocycles. The van der Waals surface area contributed by atoms with Crippen molar-refractivity contribution in [1.82, 2.24) is 5.32 Å². The van der Waals surface area contributed by atoms with Crippen LogP contribution in [-0.2, 0) is 6.54 Å². The van der Waals surface area contributed by atoms with Gasteiger partial charge in [-0.15, -0.1) is 0 Å². The molecule has 0 bridgehead atoms. The zero-order valence-electron chi connectivity index (χ0n) is 11.2. The Kier molecular flexibility index (Phi) is 4.61. The average Bonchev–Trinajstić information content (AvgIpc) is 2.73. The van der Waals surface area contributed by atoms with Crippen LogP contribution >= 0.6 is 0 Å². The molecule has 0 aliphatic heterocycles. The van der Waals surface area contributed by atoms with Crippen LogP contribution in [0, 0.1) is 12.8 Å². The Labute approximate surface area is 112 Å². The Morgan fingerprint density at radius 2 is 2.11 bits per heavy atom. The maximum absolute atomic E-state index is 10.8. The van der Waals surface area contributed by atoms with Crippen LogP contribution in [0.4, 0.5) is 0 Å². The number of furan rings is 1. The number of rotatable bonds is 5. The average molecular weight is 267 g/mol. The molecule has 0 atom stereocenters. The molecule has 0 radical (unpaired) electrons. The summed E-state index contributed by atoms with van der Waals surface area (Å²) < 4.78 is 5.28. The third-order valence-electron chi connectivity index (χ3n) is 3.71. The van der Waals surface area contributed by atoms with Crippen molar-refractivity contribution in [1.29, 1.82) is 0 Å². The minimum Gasteiger partial charge on any atom is -0.475 e. The van der Waals surface area contributed by atoms with E-state index in [0.29, 0.717) is 23.8 Å². The van der Waals surface area contributed by atoms with E-state index in [9.17, 15) is 9.90 Å². The summed E-state index contributed by atoms with van der Waals surface area (Å²) >= 11 is 0. The third-order valence-corrected chi connectivity index (χ3v) is 3.71. The fourth-order valence-electron chi connectivity index (χ4n) is 2.60. The summed E-state index contributed by atoms with van der Waals surface area (Å²) in [6, 6.07) is 1.76. The number of carbonyl (C=O) groups is 1. The summed E-state index contributed by atoms with van der Waals surface area (Å²) in [4.78, 5) is 10.8. The molecule has 0 saturated heterocycles. The highest BCUT2D eigenvalue weighted by Crippen LogP contribution is 2.23. The Morgan fingerprint density at radius 3 is 2.68 bits per heavy atom. The molecular formula is C14H21NO4. The van der Waals surface area contributed by atoms with E-state index in [2.05, 4.69) is 5.32 Å². The summed E-state index contributed by atoms with van der Waals surface area (Å²) in [7, 11) is 0. The molecule has 0 spiro atoms. The molecule has 0 amide bonds. The maximum atomic E-state index is 10.8. The quantitative estimate of drug-likeness (QED) is 0.759. The van der Waals surface area contributed by atoms with E-state index in [-0.39, 0.29) is 11.9 Å². The number of aliphatic hydroxyl groups is 1. The van der Waals surface area contributed by atoms with E-state index in [4.69, 9.17) is 9.52 Å². The van der Waals surface area contributed by atoms with Crippen LogP contribution in [0.15, 0.2) is 10.5 Å². The first kappa shape index (κ1) is 14.1. The van der Waals surface area contributed by atoms with Crippen molar-refractivity contribution >= 4 is 5.97 Å². The van der Waals surface area contributed by atoms with Gasteiger partial charge in [0, 0.05) is 5.56 Å². The van der Waals surface area contributed by atoms with Crippen LogP contribution in [0.1, 0.15) is 47.6 Å². The lowest BCUT2D eigenvalue weighted by Gasteiger charge is -2.25. The highest BCUT2D eigenvalue weighted by atomic mass is 16.4. The van der Waals surface area contributed by atoms with E-state index >= 15 is 0 Å². The van der Waals surface area contributed by atoms with Gasteiger partial charge in [0.1, 0.15) is 5.76 Å². The number of aromatic carboxylic acids is 1. The van der Waals surface area contributed by atoms with Gasteiger partial charge in [-0.05, 0) is 51.1 Å². The zero-order valence-corrected chi connectivity index (χ0v) is 11.2. The van der Waals surface area contributed by atoms with Crippen molar-refractivity contribution in [2.45, 2.75) is 45.3 Å². The summed E-state index contributed by atoms with van der Waals surface area (Å²) in [5.41, 5.74) is 0.657. The van der Waals surface area contributed by atoms with E-state index in [1.54, 1.807) is 13.0 Å². The molecule has 5 heteroatoms. The number of carboxylic acid groups (broad SMARTS) is 1. The second-order valence-electron chi connectivity index (χ2n) is 5.34. The van der Waals surface area contributed by atoms with Gasteiger partial charge in [-0.25, -0.2) is 4.79 Å². The summed E-state index contributed by atoms with van der Waals surface area (Å²) in [5.74, 6) is 0.256. The van der Waals surface area contributed by atoms with Crippen LogP contribution in [0.3, 0.4) is 0 Å². The fourth-order valence-corrected chi connectivity index (χ4v) is 2.60. The summed E-state index contributed by atoms with van der Waals surface area (Å²) in [5, 5.41) is 21.6. The Morgan fingerprint density at radius 1 is 1.42 bits per heavy atom. The predicted molar refractivity (Wildman–Crippen MR) is 70.1 cm³/mol. The van der Waals surface area contributed by atoms with Crippen LogP contribution in [0.25, 0.3) is 0 Å². The first-order valence-corrected chi connectivity index (χ1v) is 6.77. The molecule has 3 N–H and O–H groups in total. The number of nitrogens with one attached hydrogen (secondary N) is 1. The number of aryl methyl sites for hydroxylation is 1. The van der Waals surface area contributed by atoms with E-state index < -0.39 is 5.97 Å². The van der Waals surface area contributed by atoms with Gasteiger partial charge < -0.3 is 19.9 Å². The number of carboxylic acids is 1. The van der Waals surface area contributed by atoms with Gasteiger partial charge in [0.05, 0.1) is 12.6 Å². The standard InChI is InChI=1S/C14H21NO4/c1-9-6-12(19-13(9)14(17)18)8-15-7-10-2-4-11(16)5-3-10/h6,10-11,15-16H,2-5,7-8H2,1H3,(H,17,18). The van der Waals surface area contributed by atoms with Crippen molar-refractivity contribution in [2.24, 2.45) is 5.92 Å². The number of hydrogen-bond acceptors (Lipinski definition) is 4. The second kappa shape index (κ2) is 6.21. The van der Waals surface area contributed by atoms with Crippen LogP contribution < -0.4 is 5.32 Å². The van der Waals surface area contributed by atoms with Gasteiger partial charge in [-0.3, -0.25) is 0 Å². The van der Waals surface area contributed by atoms with Crippen LogP contribution in [0.2, 0.25) is 0 Å². The summed E-state index contributed by atoms with van der Waals surface area (Å²) in [6.07, 6.45) is 3.74. The summed E-state index contributed by atoms with van der Waals surface area (Å²) in [6.45, 7) is 3.17. The van der Waals surface area contributed by atoms with Crippen molar-refractivity contribution in [3.05, 3.63) is 23.2 Å². The largest absolute Gasteiger partial charge is 0.475 e. The lowest BCUT2D eigenvalue weighted by Crippen LogP contribution is -2.27. The predicted octanol–water partition coefficient (Wildman–Crippen LogP) is 1.93. The Balaban J connectivity index is 1.76. The molecule has 0 aromatic carbocycles. The van der Waals surface area contributed by atoms with E-state index in [0.717, 1.165) is 32.2 Å². The van der Waals surface area contributed by atoms with Gasteiger partial charge >= 0.3 is 5.97 Å². The normalized spacial score (nSPS) is 23.5. The molecule has 1 fully saturated rings.